The molecule has 4 atom stereocenters. The number of ether oxygens (including phenoxy) is 1. The van der Waals surface area contributed by atoms with Crippen molar-refractivity contribution in [2.24, 2.45) is 4.99 Å². The maximum absolute atomic E-state index is 13.9. The van der Waals surface area contributed by atoms with Gasteiger partial charge in [0.15, 0.2) is 6.04 Å². The molecule has 0 unspecified atom stereocenters. The lowest BCUT2D eigenvalue weighted by molar-refractivity contribution is -0.188. The fourth-order valence-corrected chi connectivity index (χ4v) is 8.50. The first-order valence-electron chi connectivity index (χ1n) is 20.6. The lowest BCUT2D eigenvalue weighted by Crippen LogP contribution is -2.50. The molecule has 0 saturated carbocycles. The molecule has 18 nitrogen and oxygen atoms in total. The summed E-state index contributed by atoms with van der Waals surface area (Å²) in [5, 5.41) is 11.2. The van der Waals surface area contributed by atoms with Crippen LogP contribution in [0, 0.1) is 0 Å². The van der Waals surface area contributed by atoms with E-state index in [4.69, 9.17) is 19.6 Å². The van der Waals surface area contributed by atoms with Gasteiger partial charge in [-0.25, -0.2) is 19.8 Å². The van der Waals surface area contributed by atoms with Gasteiger partial charge in [-0.1, -0.05) is 36.4 Å². The number of amides is 3. The van der Waals surface area contributed by atoms with Crippen LogP contribution in [-0.2, 0) is 37.2 Å². The summed E-state index contributed by atoms with van der Waals surface area (Å²) in [5.41, 5.74) is 7.48. The Labute approximate surface area is 355 Å². The van der Waals surface area contributed by atoms with Crippen LogP contribution >= 0.6 is 0 Å². The van der Waals surface area contributed by atoms with Crippen LogP contribution in [0.3, 0.4) is 0 Å². The Morgan fingerprint density at radius 3 is 1.81 bits per heavy atom. The van der Waals surface area contributed by atoms with E-state index in [-0.39, 0.29) is 37.0 Å². The fraction of sp³-hybridized carbons (Fsp3) is 0.318. The third-order valence-electron chi connectivity index (χ3n) is 11.5. The highest BCUT2D eigenvalue weighted by Gasteiger charge is 2.38. The summed E-state index contributed by atoms with van der Waals surface area (Å²) in [6.07, 6.45) is 10.5. The Hall–Kier alpha value is -7.34. The van der Waals surface area contributed by atoms with Crippen LogP contribution in [0.1, 0.15) is 49.4 Å². The molecule has 62 heavy (non-hydrogen) atoms. The second kappa shape index (κ2) is 17.7. The van der Waals surface area contributed by atoms with Crippen LogP contribution < -0.4 is 5.32 Å². The van der Waals surface area contributed by atoms with Crippen LogP contribution in [0.25, 0.3) is 44.3 Å². The van der Waals surface area contributed by atoms with Crippen molar-refractivity contribution in [2.45, 2.75) is 62.9 Å². The molecule has 0 radical (unpaired) electrons. The van der Waals surface area contributed by atoms with Crippen molar-refractivity contribution in [3.63, 3.8) is 0 Å². The van der Waals surface area contributed by atoms with E-state index in [9.17, 15) is 14.4 Å². The molecule has 2 aliphatic rings. The number of nitrogens with zero attached hydrogens (tertiary/aromatic N) is 9. The Bertz CT molecular complexity index is 2690. The maximum atomic E-state index is 13.9. The fourth-order valence-electron chi connectivity index (χ4n) is 8.50. The molecule has 0 bridgehead atoms. The summed E-state index contributed by atoms with van der Waals surface area (Å²) < 4.78 is 8.10. The molecule has 18 heteroatoms. The van der Waals surface area contributed by atoms with Crippen LogP contribution in [-0.4, -0.2) is 113 Å². The number of H-pyrrole nitrogens is 2. The quantitative estimate of drug-likeness (QED) is 0.0536. The summed E-state index contributed by atoms with van der Waals surface area (Å²) >= 11 is 0. The van der Waals surface area contributed by atoms with Crippen molar-refractivity contribution in [3.05, 3.63) is 109 Å². The zero-order valence-electron chi connectivity index (χ0n) is 34.3. The lowest BCUT2D eigenvalue weighted by atomic mass is 10.00. The van der Waals surface area contributed by atoms with E-state index < -0.39 is 18.2 Å². The van der Waals surface area contributed by atoms with Crippen LogP contribution in [0.15, 0.2) is 103 Å². The molecule has 2 fully saturated rings. The monoisotopic (exact) mass is 838 g/mol. The van der Waals surface area contributed by atoms with Gasteiger partial charge >= 0.3 is 6.09 Å². The second-order valence-corrected chi connectivity index (χ2v) is 15.3. The van der Waals surface area contributed by atoms with Gasteiger partial charge in [0.2, 0.25) is 18.2 Å². The van der Waals surface area contributed by atoms with Gasteiger partial charge < -0.3 is 34.7 Å². The average Bonchev–Trinajstić information content (AvgIpc) is 4.15. The van der Waals surface area contributed by atoms with Gasteiger partial charge in [0.1, 0.15) is 17.7 Å². The Morgan fingerprint density at radius 2 is 1.29 bits per heavy atom. The summed E-state index contributed by atoms with van der Waals surface area (Å²) in [4.78, 5) is 74.3. The van der Waals surface area contributed by atoms with Gasteiger partial charge in [0.05, 0.1) is 61.5 Å². The summed E-state index contributed by atoms with van der Waals surface area (Å²) in [5.74, 6) is 1.08. The number of hydrogen-bond donors (Lipinski definition) is 3. The van der Waals surface area contributed by atoms with Crippen molar-refractivity contribution >= 4 is 46.4 Å². The van der Waals surface area contributed by atoms with E-state index in [0.717, 1.165) is 82.2 Å². The Morgan fingerprint density at radius 1 is 0.758 bits per heavy atom. The summed E-state index contributed by atoms with van der Waals surface area (Å²) in [7, 11) is 2.65. The number of methoxy groups -OCH3 is 1. The number of rotatable bonds is 14. The number of aromatic nitrogens is 8. The van der Waals surface area contributed by atoms with Crippen LogP contribution in [0.4, 0.5) is 4.79 Å². The number of aromatic amines is 2. The molecular formula is C44H46N12O6. The molecule has 0 spiro atoms. The van der Waals surface area contributed by atoms with E-state index in [1.54, 1.807) is 51.2 Å². The van der Waals surface area contributed by atoms with Crippen molar-refractivity contribution < 1.29 is 28.9 Å². The highest BCUT2D eigenvalue weighted by molar-refractivity contribution is 5.88. The number of likely N-dealkylation sites (tertiary alicyclic amines) is 2. The average molecular weight is 839 g/mol. The third-order valence-corrected chi connectivity index (χ3v) is 11.5. The molecule has 0 aliphatic carbocycles. The largest absolute Gasteiger partial charge is 0.453 e. The van der Waals surface area contributed by atoms with Crippen molar-refractivity contribution in [1.29, 1.82) is 0 Å². The molecule has 2 saturated heterocycles. The van der Waals surface area contributed by atoms with E-state index in [0.29, 0.717) is 18.9 Å². The molecule has 3 N–H and O–H groups in total. The number of fused-ring (bicyclic) bond motifs is 2. The number of hydrogen-bond acceptors (Lipinski definition) is 11. The number of nitrogens with one attached hydrogen (secondary N) is 3. The van der Waals surface area contributed by atoms with Gasteiger partial charge in [-0.15, -0.1) is 0 Å². The number of alkyl carbamates (subject to hydrolysis) is 1. The van der Waals surface area contributed by atoms with E-state index in [2.05, 4.69) is 83.9 Å². The van der Waals surface area contributed by atoms with E-state index in [1.165, 1.54) is 14.2 Å². The molecule has 3 amide bonds. The Kier molecular flexibility index (Phi) is 11.5. The van der Waals surface area contributed by atoms with Gasteiger partial charge in [-0.2, -0.15) is 15.1 Å². The van der Waals surface area contributed by atoms with Gasteiger partial charge in [-0.3, -0.25) is 19.0 Å². The molecule has 4 aromatic heterocycles. The van der Waals surface area contributed by atoms with Crippen LogP contribution in [0.2, 0.25) is 0 Å². The van der Waals surface area contributed by atoms with Crippen molar-refractivity contribution in [3.8, 4) is 22.3 Å². The van der Waals surface area contributed by atoms with E-state index in [1.807, 2.05) is 17.0 Å². The number of carbonyl (C=O) groups is 3. The molecule has 9 rings (SSSR count). The zero-order valence-corrected chi connectivity index (χ0v) is 34.3. The van der Waals surface area contributed by atoms with Gasteiger partial charge in [0, 0.05) is 37.9 Å². The number of benzene rings is 3. The minimum Gasteiger partial charge on any atom is -0.453 e. The normalized spacial score (nSPS) is 17.6. The molecule has 3 aromatic carbocycles. The molecule has 6 heterocycles. The molecule has 2 aliphatic heterocycles. The highest BCUT2D eigenvalue weighted by atomic mass is 17.2. The van der Waals surface area contributed by atoms with Gasteiger partial charge in [0.25, 0.3) is 0 Å². The highest BCUT2D eigenvalue weighted by Crippen LogP contribution is 2.35. The topological polar surface area (TPSA) is 203 Å². The number of imidazole rings is 2. The zero-order chi connectivity index (χ0) is 42.6. The maximum Gasteiger partial charge on any atom is 0.407 e. The van der Waals surface area contributed by atoms with Crippen molar-refractivity contribution in [1.82, 2.24) is 54.6 Å². The summed E-state index contributed by atoms with van der Waals surface area (Å²) in [6.45, 7) is 1.57. The second-order valence-electron chi connectivity index (χ2n) is 15.3. The smallest absolute Gasteiger partial charge is 0.407 e. The first-order chi connectivity index (χ1) is 30.3. The number of carbonyl (C=O) groups excluding carboxylic acids is 3. The minimum atomic E-state index is -0.859. The predicted molar refractivity (Wildman–Crippen MR) is 228 cm³/mol. The SMILES string of the molecule is COO/C=N/[C@@H](Cn1cccn1)C(=O)N1CCC[C@H]1c1nc2cc(-c3ccc(-c4ccc5[nH]c([C@@H]6CCCN6C(=O)[C@H](Cn6cccn6)NC(=O)OC)nc5c4)cc3)ccc2[nH]1. The molecular weight excluding hydrogens is 793 g/mol. The first kappa shape index (κ1) is 40.1. The lowest BCUT2D eigenvalue weighted by Gasteiger charge is -2.28. The van der Waals surface area contributed by atoms with E-state index >= 15 is 0 Å². The first-order valence-corrected chi connectivity index (χ1v) is 20.6. The van der Waals surface area contributed by atoms with Gasteiger partial charge in [-0.05, 0) is 84.3 Å². The molecule has 7 aromatic rings. The molecule has 318 valence electrons. The predicted octanol–water partition coefficient (Wildman–Crippen LogP) is 5.59. The number of aliphatic imine (C=N–C) groups is 1. The van der Waals surface area contributed by atoms with Crippen LogP contribution in [0.5, 0.6) is 0 Å². The third kappa shape index (κ3) is 8.36. The Balaban J connectivity index is 0.894. The van der Waals surface area contributed by atoms with Crippen molar-refractivity contribution in [2.75, 3.05) is 27.3 Å². The summed E-state index contributed by atoms with van der Waals surface area (Å²) in [6, 6.07) is 22.1. The minimum absolute atomic E-state index is 0.137. The standard InChI is InChI=1S/C44H46N12O6/c1-60-44(59)52-37(26-54-20-6-18-47-54)43(58)56-22-4-8-39(56)41-49-33-16-14-31(24-35(33)51-41)29-11-9-28(10-12-29)30-13-15-32-34(23-30)50-40(48-32)38-7-3-21-55(38)42(57)36(45-27-62-61-2)25-53-19-5-17-46-53/h5-6,9-20,23-24,27,36-39H,3-4,7-8,21-22,25-26H2,1-2H3,(H,48,50)(H,49,51)(H,52,59)/b45-27+/t36-,37-,38-,39-/m0/s1.